The largest absolute Gasteiger partial charge is 0.362 e. The monoisotopic (exact) mass is 229 g/mol. The predicted molar refractivity (Wildman–Crippen MR) is 69.5 cm³/mol. The van der Waals surface area contributed by atoms with Gasteiger partial charge >= 0.3 is 0 Å². The fourth-order valence-electron chi connectivity index (χ4n) is 2.99. The molecule has 0 amide bonds. The molecule has 0 spiro atoms. The highest BCUT2D eigenvalue weighted by Gasteiger charge is 2.28. The zero-order valence-electron chi connectivity index (χ0n) is 10.4. The second-order valence-electron chi connectivity index (χ2n) is 4.81. The molecule has 0 aromatic heterocycles. The number of nitrogens with zero attached hydrogens (tertiary/aromatic N) is 1. The van der Waals surface area contributed by atoms with Gasteiger partial charge in [-0.05, 0) is 31.2 Å². The maximum atomic E-state index is 5.58. The van der Waals surface area contributed by atoms with E-state index >= 15 is 0 Å². The molecule has 1 heterocycles. The van der Waals surface area contributed by atoms with Crippen molar-refractivity contribution in [2.24, 2.45) is 0 Å². The van der Waals surface area contributed by atoms with E-state index in [0.29, 0.717) is 0 Å². The van der Waals surface area contributed by atoms with E-state index in [2.05, 4.69) is 35.2 Å². The number of ether oxygens (including phenoxy) is 1. The van der Waals surface area contributed by atoms with Gasteiger partial charge in [-0.15, -0.1) is 0 Å². The SMILES string of the molecule is COC1CCCN1C1=CCCc2ccccc21. The Labute approximate surface area is 103 Å². The summed E-state index contributed by atoms with van der Waals surface area (Å²) in [7, 11) is 1.82. The second-order valence-corrected chi connectivity index (χ2v) is 4.81. The van der Waals surface area contributed by atoms with Gasteiger partial charge in [-0.25, -0.2) is 0 Å². The Kier molecular flexibility index (Phi) is 2.89. The summed E-state index contributed by atoms with van der Waals surface area (Å²) in [5.74, 6) is 0. The first-order valence-corrected chi connectivity index (χ1v) is 6.48. The summed E-state index contributed by atoms with van der Waals surface area (Å²) < 4.78 is 5.58. The van der Waals surface area contributed by atoms with Crippen LogP contribution in [0.4, 0.5) is 0 Å². The number of allylic oxidation sites excluding steroid dienone is 1. The fraction of sp³-hybridized carbons (Fsp3) is 0.467. The molecule has 17 heavy (non-hydrogen) atoms. The minimum absolute atomic E-state index is 0.271. The van der Waals surface area contributed by atoms with Gasteiger partial charge in [0.1, 0.15) is 6.23 Å². The first-order valence-electron chi connectivity index (χ1n) is 6.48. The topological polar surface area (TPSA) is 12.5 Å². The average Bonchev–Trinajstić information content (AvgIpc) is 2.86. The van der Waals surface area contributed by atoms with Crippen molar-refractivity contribution in [2.45, 2.75) is 31.9 Å². The van der Waals surface area contributed by atoms with Crippen molar-refractivity contribution in [1.82, 2.24) is 4.90 Å². The smallest absolute Gasteiger partial charge is 0.129 e. The molecule has 2 aliphatic rings. The van der Waals surface area contributed by atoms with E-state index in [-0.39, 0.29) is 6.23 Å². The summed E-state index contributed by atoms with van der Waals surface area (Å²) in [5.41, 5.74) is 4.27. The van der Waals surface area contributed by atoms with E-state index in [0.717, 1.165) is 19.4 Å². The van der Waals surface area contributed by atoms with Crippen molar-refractivity contribution in [3.63, 3.8) is 0 Å². The zero-order valence-corrected chi connectivity index (χ0v) is 10.4. The summed E-state index contributed by atoms with van der Waals surface area (Å²) in [5, 5.41) is 0. The van der Waals surface area contributed by atoms with Crippen LogP contribution in [0.1, 0.15) is 30.4 Å². The van der Waals surface area contributed by atoms with Gasteiger partial charge < -0.3 is 9.64 Å². The van der Waals surface area contributed by atoms with Crippen molar-refractivity contribution in [3.8, 4) is 0 Å². The Balaban J connectivity index is 1.95. The quantitative estimate of drug-likeness (QED) is 0.773. The van der Waals surface area contributed by atoms with Crippen LogP contribution in [0.3, 0.4) is 0 Å². The first-order chi connectivity index (χ1) is 8.40. The molecule has 2 nitrogen and oxygen atoms in total. The van der Waals surface area contributed by atoms with Crippen molar-refractivity contribution in [3.05, 3.63) is 41.5 Å². The van der Waals surface area contributed by atoms with Gasteiger partial charge in [0, 0.05) is 24.9 Å². The molecular formula is C15H19NO. The molecule has 1 unspecified atom stereocenters. The lowest BCUT2D eigenvalue weighted by Crippen LogP contribution is -2.30. The van der Waals surface area contributed by atoms with E-state index in [4.69, 9.17) is 4.74 Å². The van der Waals surface area contributed by atoms with Gasteiger partial charge in [-0.3, -0.25) is 0 Å². The third kappa shape index (κ3) is 1.87. The number of hydrogen-bond acceptors (Lipinski definition) is 2. The number of rotatable bonds is 2. The predicted octanol–water partition coefficient (Wildman–Crippen LogP) is 3.04. The van der Waals surface area contributed by atoms with Crippen LogP contribution in [0.5, 0.6) is 0 Å². The summed E-state index contributed by atoms with van der Waals surface area (Å²) in [6.45, 7) is 1.12. The van der Waals surface area contributed by atoms with Crippen molar-refractivity contribution in [2.75, 3.05) is 13.7 Å². The highest BCUT2D eigenvalue weighted by molar-refractivity contribution is 5.69. The lowest BCUT2D eigenvalue weighted by Gasteiger charge is -2.31. The third-order valence-corrected chi connectivity index (χ3v) is 3.82. The van der Waals surface area contributed by atoms with E-state index in [1.54, 1.807) is 0 Å². The number of hydrogen-bond donors (Lipinski definition) is 0. The van der Waals surface area contributed by atoms with Crippen LogP contribution in [0.2, 0.25) is 0 Å². The summed E-state index contributed by atoms with van der Waals surface area (Å²) in [6, 6.07) is 8.76. The Morgan fingerprint density at radius 2 is 2.18 bits per heavy atom. The van der Waals surface area contributed by atoms with E-state index in [1.807, 2.05) is 7.11 Å². The first kappa shape index (κ1) is 10.8. The molecule has 1 fully saturated rings. The standard InChI is InChI=1S/C15H19NO/c1-17-15-10-5-11-16(15)14-9-4-7-12-6-2-3-8-13(12)14/h2-3,6,8-9,15H,4-5,7,10-11H2,1H3. The normalized spacial score (nSPS) is 23.5. The van der Waals surface area contributed by atoms with E-state index in [1.165, 1.54) is 29.7 Å². The fourth-order valence-corrected chi connectivity index (χ4v) is 2.99. The molecule has 0 radical (unpaired) electrons. The maximum absolute atomic E-state index is 5.58. The molecular weight excluding hydrogens is 210 g/mol. The van der Waals surface area contributed by atoms with Crippen LogP contribution in [0, 0.1) is 0 Å². The molecule has 3 rings (SSSR count). The highest BCUT2D eigenvalue weighted by Crippen LogP contribution is 2.34. The second kappa shape index (κ2) is 4.53. The van der Waals surface area contributed by atoms with Crippen LogP contribution in [-0.2, 0) is 11.2 Å². The Bertz CT molecular complexity index is 438. The van der Waals surface area contributed by atoms with E-state index < -0.39 is 0 Å². The molecule has 1 atom stereocenters. The number of benzene rings is 1. The van der Waals surface area contributed by atoms with E-state index in [9.17, 15) is 0 Å². The van der Waals surface area contributed by atoms with Gasteiger partial charge in [0.05, 0.1) is 0 Å². The van der Waals surface area contributed by atoms with Crippen LogP contribution in [-0.4, -0.2) is 24.8 Å². The van der Waals surface area contributed by atoms with Gasteiger partial charge in [-0.2, -0.15) is 0 Å². The molecule has 0 bridgehead atoms. The van der Waals surface area contributed by atoms with Crippen LogP contribution < -0.4 is 0 Å². The summed E-state index contributed by atoms with van der Waals surface area (Å²) in [4.78, 5) is 2.43. The number of fused-ring (bicyclic) bond motifs is 1. The minimum Gasteiger partial charge on any atom is -0.362 e. The lowest BCUT2D eigenvalue weighted by atomic mass is 9.94. The summed E-state index contributed by atoms with van der Waals surface area (Å²) in [6.07, 6.45) is 7.35. The van der Waals surface area contributed by atoms with Gasteiger partial charge in [0.25, 0.3) is 0 Å². The lowest BCUT2D eigenvalue weighted by molar-refractivity contribution is 0.0280. The van der Waals surface area contributed by atoms with Crippen LogP contribution in [0.25, 0.3) is 5.70 Å². The Morgan fingerprint density at radius 3 is 3.06 bits per heavy atom. The number of methoxy groups -OCH3 is 1. The molecule has 90 valence electrons. The molecule has 1 aromatic carbocycles. The number of likely N-dealkylation sites (tertiary alicyclic amines) is 1. The Hall–Kier alpha value is -1.28. The summed E-state index contributed by atoms with van der Waals surface area (Å²) >= 11 is 0. The van der Waals surface area contributed by atoms with Crippen LogP contribution in [0.15, 0.2) is 30.3 Å². The molecule has 1 aliphatic heterocycles. The maximum Gasteiger partial charge on any atom is 0.129 e. The highest BCUT2D eigenvalue weighted by atomic mass is 16.5. The molecule has 1 aromatic rings. The minimum atomic E-state index is 0.271. The number of aryl methyl sites for hydroxylation is 1. The van der Waals surface area contributed by atoms with Crippen molar-refractivity contribution in [1.29, 1.82) is 0 Å². The van der Waals surface area contributed by atoms with Crippen LogP contribution >= 0.6 is 0 Å². The molecule has 1 aliphatic carbocycles. The van der Waals surface area contributed by atoms with Crippen molar-refractivity contribution >= 4 is 5.70 Å². The zero-order chi connectivity index (χ0) is 11.7. The van der Waals surface area contributed by atoms with Gasteiger partial charge in [-0.1, -0.05) is 30.3 Å². The molecule has 0 N–H and O–H groups in total. The average molecular weight is 229 g/mol. The molecule has 2 heteroatoms. The van der Waals surface area contributed by atoms with Gasteiger partial charge in [0.15, 0.2) is 0 Å². The molecule has 1 saturated heterocycles. The van der Waals surface area contributed by atoms with Crippen molar-refractivity contribution < 1.29 is 4.74 Å². The third-order valence-electron chi connectivity index (χ3n) is 3.82. The molecule has 0 saturated carbocycles. The van der Waals surface area contributed by atoms with Gasteiger partial charge in [0.2, 0.25) is 0 Å². The Morgan fingerprint density at radius 1 is 1.29 bits per heavy atom.